The second-order valence-corrected chi connectivity index (χ2v) is 4.37. The Morgan fingerprint density at radius 2 is 2.12 bits per heavy atom. The number of benzene rings is 1. The maximum Gasteiger partial charge on any atom is 0.269 e. The maximum absolute atomic E-state index is 12.0. The van der Waals surface area contributed by atoms with Gasteiger partial charge in [-0.1, -0.05) is 36.0 Å². The first-order valence-corrected chi connectivity index (χ1v) is 6.26. The normalized spacial score (nSPS) is 10.2. The highest BCUT2D eigenvalue weighted by Crippen LogP contribution is 2.15. The first-order chi connectivity index (χ1) is 8.31. The Hall–Kier alpha value is -1.75. The maximum atomic E-state index is 12.0. The number of nitrogens with zero attached hydrogens (tertiary/aromatic N) is 2. The van der Waals surface area contributed by atoms with Crippen molar-refractivity contribution in [1.82, 2.24) is 9.59 Å². The summed E-state index contributed by atoms with van der Waals surface area (Å²) in [5.41, 5.74) is 1.57. The predicted molar refractivity (Wildman–Crippen MR) is 68.3 cm³/mol. The summed E-state index contributed by atoms with van der Waals surface area (Å²) >= 11 is 1.14. The molecule has 17 heavy (non-hydrogen) atoms. The summed E-state index contributed by atoms with van der Waals surface area (Å²) < 4.78 is 3.83. The van der Waals surface area contributed by atoms with Crippen LogP contribution >= 0.6 is 11.5 Å². The highest BCUT2D eigenvalue weighted by molar-refractivity contribution is 7.08. The molecule has 0 bridgehead atoms. The van der Waals surface area contributed by atoms with Gasteiger partial charge in [0.05, 0.1) is 5.69 Å². The van der Waals surface area contributed by atoms with Crippen LogP contribution in [0.2, 0.25) is 0 Å². The van der Waals surface area contributed by atoms with Crippen molar-refractivity contribution in [2.45, 2.75) is 19.8 Å². The van der Waals surface area contributed by atoms with Crippen molar-refractivity contribution in [2.24, 2.45) is 0 Å². The average Bonchev–Trinajstić information content (AvgIpc) is 2.79. The van der Waals surface area contributed by atoms with Crippen molar-refractivity contribution in [3.05, 3.63) is 40.9 Å². The van der Waals surface area contributed by atoms with Crippen molar-refractivity contribution in [3.8, 4) is 0 Å². The Morgan fingerprint density at radius 3 is 2.82 bits per heavy atom. The van der Waals surface area contributed by atoms with Crippen molar-refractivity contribution in [3.63, 3.8) is 0 Å². The van der Waals surface area contributed by atoms with E-state index in [4.69, 9.17) is 0 Å². The minimum Gasteiger partial charge on any atom is -0.321 e. The van der Waals surface area contributed by atoms with Crippen molar-refractivity contribution in [2.75, 3.05) is 5.32 Å². The zero-order valence-electron chi connectivity index (χ0n) is 9.51. The lowest BCUT2D eigenvalue weighted by molar-refractivity contribution is 0.102. The molecular weight excluding hydrogens is 234 g/mol. The van der Waals surface area contributed by atoms with Crippen LogP contribution in [0.25, 0.3) is 0 Å². The van der Waals surface area contributed by atoms with Crippen LogP contribution in [0.15, 0.2) is 30.3 Å². The third kappa shape index (κ3) is 2.88. The number of carbonyl (C=O) groups is 1. The topological polar surface area (TPSA) is 54.9 Å². The van der Waals surface area contributed by atoms with Gasteiger partial charge in [0.15, 0.2) is 0 Å². The molecule has 0 atom stereocenters. The second kappa shape index (κ2) is 5.54. The molecule has 0 aliphatic heterocycles. The van der Waals surface area contributed by atoms with Crippen LogP contribution in [0.3, 0.4) is 0 Å². The fourth-order valence-corrected chi connectivity index (χ4v) is 2.09. The van der Waals surface area contributed by atoms with E-state index in [0.717, 1.165) is 35.8 Å². The lowest BCUT2D eigenvalue weighted by atomic mass is 10.2. The molecule has 0 fully saturated rings. The summed E-state index contributed by atoms with van der Waals surface area (Å²) in [7, 11) is 0. The number of nitrogens with one attached hydrogen (secondary N) is 1. The molecule has 1 N–H and O–H groups in total. The van der Waals surface area contributed by atoms with E-state index in [0.29, 0.717) is 4.88 Å². The lowest BCUT2D eigenvalue weighted by Crippen LogP contribution is -2.12. The zero-order valence-corrected chi connectivity index (χ0v) is 10.3. The Bertz CT molecular complexity index is 495. The van der Waals surface area contributed by atoms with Gasteiger partial charge in [0, 0.05) is 5.69 Å². The van der Waals surface area contributed by atoms with Gasteiger partial charge in [0.25, 0.3) is 5.91 Å². The molecule has 1 heterocycles. The van der Waals surface area contributed by atoms with Crippen LogP contribution in [0.1, 0.15) is 28.7 Å². The Kier molecular flexibility index (Phi) is 3.82. The molecule has 4 nitrogen and oxygen atoms in total. The smallest absolute Gasteiger partial charge is 0.269 e. The summed E-state index contributed by atoms with van der Waals surface area (Å²) in [5.74, 6) is -0.130. The number of hydrogen-bond donors (Lipinski definition) is 1. The van der Waals surface area contributed by atoms with E-state index in [1.54, 1.807) is 0 Å². The van der Waals surface area contributed by atoms with Crippen LogP contribution in [0.5, 0.6) is 0 Å². The van der Waals surface area contributed by atoms with Crippen molar-refractivity contribution in [1.29, 1.82) is 0 Å². The largest absolute Gasteiger partial charge is 0.321 e. The van der Waals surface area contributed by atoms with E-state index in [1.807, 2.05) is 30.3 Å². The second-order valence-electron chi connectivity index (χ2n) is 3.62. The van der Waals surface area contributed by atoms with Crippen LogP contribution in [-0.2, 0) is 6.42 Å². The number of anilines is 1. The molecule has 0 saturated heterocycles. The molecule has 2 rings (SSSR count). The predicted octanol–water partition coefficient (Wildman–Crippen LogP) is 2.74. The SMILES string of the molecule is CCCc1nnsc1C(=O)Nc1ccccc1. The first kappa shape index (κ1) is 11.7. The van der Waals surface area contributed by atoms with Gasteiger partial charge in [-0.05, 0) is 30.1 Å². The van der Waals surface area contributed by atoms with E-state index in [9.17, 15) is 4.79 Å². The summed E-state index contributed by atoms with van der Waals surface area (Å²) in [4.78, 5) is 12.6. The van der Waals surface area contributed by atoms with Crippen molar-refractivity contribution < 1.29 is 4.79 Å². The summed E-state index contributed by atoms with van der Waals surface area (Å²) in [6, 6.07) is 9.38. The molecule has 0 spiro atoms. The minimum atomic E-state index is -0.130. The molecule has 5 heteroatoms. The standard InChI is InChI=1S/C12H13N3OS/c1-2-6-10-11(17-15-14-10)12(16)13-9-7-4-3-5-8-9/h3-5,7-8H,2,6H2,1H3,(H,13,16). The Morgan fingerprint density at radius 1 is 1.35 bits per heavy atom. The van der Waals surface area contributed by atoms with Crippen molar-refractivity contribution >= 4 is 23.1 Å². The number of para-hydroxylation sites is 1. The fourth-order valence-electron chi connectivity index (χ4n) is 1.49. The van der Waals surface area contributed by atoms with Gasteiger partial charge in [-0.2, -0.15) is 0 Å². The van der Waals surface area contributed by atoms with Crippen LogP contribution in [0, 0.1) is 0 Å². The molecule has 88 valence electrons. The highest BCUT2D eigenvalue weighted by atomic mass is 32.1. The first-order valence-electron chi connectivity index (χ1n) is 5.49. The van der Waals surface area contributed by atoms with Crippen LogP contribution in [0.4, 0.5) is 5.69 Å². The number of amides is 1. The quantitative estimate of drug-likeness (QED) is 0.903. The number of aryl methyl sites for hydroxylation is 1. The van der Waals surface area contributed by atoms with E-state index in [-0.39, 0.29) is 5.91 Å². The molecular formula is C12H13N3OS. The fraction of sp³-hybridized carbons (Fsp3) is 0.250. The molecule has 0 radical (unpaired) electrons. The minimum absolute atomic E-state index is 0.130. The zero-order chi connectivity index (χ0) is 12.1. The molecule has 0 unspecified atom stereocenters. The highest BCUT2D eigenvalue weighted by Gasteiger charge is 2.15. The van der Waals surface area contributed by atoms with Gasteiger partial charge in [0.2, 0.25) is 0 Å². The third-order valence-electron chi connectivity index (χ3n) is 2.28. The van der Waals surface area contributed by atoms with Gasteiger partial charge in [-0.3, -0.25) is 4.79 Å². The van der Waals surface area contributed by atoms with E-state index < -0.39 is 0 Å². The van der Waals surface area contributed by atoms with Crippen LogP contribution in [-0.4, -0.2) is 15.5 Å². The van der Waals surface area contributed by atoms with E-state index >= 15 is 0 Å². The summed E-state index contributed by atoms with van der Waals surface area (Å²) in [5, 5.41) is 6.81. The molecule has 0 saturated carbocycles. The lowest BCUT2D eigenvalue weighted by Gasteiger charge is -2.03. The molecule has 2 aromatic rings. The van der Waals surface area contributed by atoms with Gasteiger partial charge < -0.3 is 5.32 Å². The molecule has 0 aliphatic rings. The van der Waals surface area contributed by atoms with Crippen LogP contribution < -0.4 is 5.32 Å². The Labute approximate surface area is 104 Å². The van der Waals surface area contributed by atoms with Gasteiger partial charge in [-0.25, -0.2) is 0 Å². The van der Waals surface area contributed by atoms with E-state index in [1.165, 1.54) is 0 Å². The molecule has 1 aromatic heterocycles. The number of hydrogen-bond acceptors (Lipinski definition) is 4. The summed E-state index contributed by atoms with van der Waals surface area (Å²) in [6.07, 6.45) is 1.74. The number of rotatable bonds is 4. The molecule has 0 aliphatic carbocycles. The molecule has 1 aromatic carbocycles. The van der Waals surface area contributed by atoms with E-state index in [2.05, 4.69) is 21.8 Å². The third-order valence-corrected chi connectivity index (χ3v) is 3.05. The monoisotopic (exact) mass is 247 g/mol. The van der Waals surface area contributed by atoms with Gasteiger partial charge in [-0.15, -0.1) is 5.10 Å². The van der Waals surface area contributed by atoms with Gasteiger partial charge in [0.1, 0.15) is 4.88 Å². The number of aromatic nitrogens is 2. The number of carbonyl (C=O) groups excluding carboxylic acids is 1. The summed E-state index contributed by atoms with van der Waals surface area (Å²) in [6.45, 7) is 2.05. The Balaban J connectivity index is 2.12. The molecule has 1 amide bonds. The average molecular weight is 247 g/mol. The van der Waals surface area contributed by atoms with Gasteiger partial charge >= 0.3 is 0 Å².